The molecule has 1 N–H and O–H groups in total. The Labute approximate surface area is 71.6 Å². The Morgan fingerprint density at radius 2 is 1.91 bits per heavy atom. The molecule has 0 aliphatic heterocycles. The lowest BCUT2D eigenvalue weighted by Gasteiger charge is -2.20. The Morgan fingerprint density at radius 1 is 1.27 bits per heavy atom. The van der Waals surface area contributed by atoms with E-state index < -0.39 is 0 Å². The summed E-state index contributed by atoms with van der Waals surface area (Å²) in [6.07, 6.45) is 6.20. The van der Waals surface area contributed by atoms with Crippen LogP contribution in [0.1, 0.15) is 47.0 Å². The van der Waals surface area contributed by atoms with Gasteiger partial charge >= 0.3 is 0 Å². The fourth-order valence-electron chi connectivity index (χ4n) is 0.829. The first-order chi connectivity index (χ1) is 5.06. The summed E-state index contributed by atoms with van der Waals surface area (Å²) in [4.78, 5) is 0. The molecule has 0 bridgehead atoms. The summed E-state index contributed by atoms with van der Waals surface area (Å²) in [6.45, 7) is 9.86. The summed E-state index contributed by atoms with van der Waals surface area (Å²) in [5.41, 5.74) is 0.267. The average molecular weight is 156 g/mol. The van der Waals surface area contributed by atoms with Crippen molar-refractivity contribution in [3.63, 3.8) is 0 Å². The van der Waals surface area contributed by atoms with Gasteiger partial charge in [0.2, 0.25) is 0 Å². The Kier molecular flexibility index (Phi) is 5.57. The van der Waals surface area contributed by atoms with Gasteiger partial charge in [-0.1, -0.05) is 19.8 Å². The van der Waals surface area contributed by atoms with Crippen molar-refractivity contribution in [1.82, 2.24) is 5.32 Å². The summed E-state index contributed by atoms with van der Waals surface area (Å²) < 4.78 is 0. The van der Waals surface area contributed by atoms with Crippen LogP contribution in [-0.2, 0) is 0 Å². The van der Waals surface area contributed by atoms with E-state index in [2.05, 4.69) is 39.4 Å². The van der Waals surface area contributed by atoms with Crippen LogP contribution in [0, 0.1) is 6.42 Å². The zero-order chi connectivity index (χ0) is 8.74. The number of hydrogen-bond acceptors (Lipinski definition) is 1. The molecule has 0 amide bonds. The molecule has 0 unspecified atom stereocenters. The fourth-order valence-corrected chi connectivity index (χ4v) is 0.829. The standard InChI is InChI=1S/C10H22N/c1-5-6-7-8-9-11-10(2,3)4/h8,11H,5-7,9H2,1-4H3. The van der Waals surface area contributed by atoms with Crippen LogP contribution in [0.5, 0.6) is 0 Å². The quantitative estimate of drug-likeness (QED) is 0.603. The first-order valence-corrected chi connectivity index (χ1v) is 4.63. The minimum Gasteiger partial charge on any atom is -0.312 e. The van der Waals surface area contributed by atoms with E-state index in [0.29, 0.717) is 0 Å². The number of rotatable bonds is 5. The number of unbranched alkanes of at least 4 members (excludes halogenated alkanes) is 3. The van der Waals surface area contributed by atoms with E-state index in [4.69, 9.17) is 0 Å². The van der Waals surface area contributed by atoms with Crippen LogP contribution in [0.2, 0.25) is 0 Å². The lowest BCUT2D eigenvalue weighted by Crippen LogP contribution is -2.36. The zero-order valence-electron chi connectivity index (χ0n) is 8.41. The van der Waals surface area contributed by atoms with E-state index in [1.54, 1.807) is 0 Å². The van der Waals surface area contributed by atoms with Crippen molar-refractivity contribution >= 4 is 0 Å². The molecular weight excluding hydrogens is 134 g/mol. The molecule has 0 aliphatic carbocycles. The maximum atomic E-state index is 3.43. The van der Waals surface area contributed by atoms with Crippen molar-refractivity contribution in [2.75, 3.05) is 6.54 Å². The number of hydrogen-bond donors (Lipinski definition) is 1. The van der Waals surface area contributed by atoms with Gasteiger partial charge in [0.25, 0.3) is 0 Å². The van der Waals surface area contributed by atoms with Crippen LogP contribution in [-0.4, -0.2) is 12.1 Å². The molecule has 0 spiro atoms. The third kappa shape index (κ3) is 9.96. The van der Waals surface area contributed by atoms with E-state index in [0.717, 1.165) is 6.54 Å². The van der Waals surface area contributed by atoms with Gasteiger partial charge in [0, 0.05) is 5.54 Å². The smallest absolute Gasteiger partial charge is 0.00966 e. The van der Waals surface area contributed by atoms with Gasteiger partial charge in [-0.25, -0.2) is 0 Å². The molecule has 0 atom stereocenters. The zero-order valence-corrected chi connectivity index (χ0v) is 8.41. The second-order valence-corrected chi connectivity index (χ2v) is 4.06. The van der Waals surface area contributed by atoms with Crippen LogP contribution in [0.3, 0.4) is 0 Å². The molecule has 1 radical (unpaired) electrons. The van der Waals surface area contributed by atoms with E-state index in [1.165, 1.54) is 19.3 Å². The van der Waals surface area contributed by atoms with Gasteiger partial charge in [-0.05, 0) is 40.2 Å². The Morgan fingerprint density at radius 3 is 2.36 bits per heavy atom. The summed E-state index contributed by atoms with van der Waals surface area (Å²) >= 11 is 0. The normalized spacial score (nSPS) is 12.0. The Bertz CT molecular complexity index is 81.4. The molecule has 1 heteroatoms. The molecule has 0 saturated carbocycles. The molecule has 0 heterocycles. The van der Waals surface area contributed by atoms with Crippen molar-refractivity contribution in [3.8, 4) is 0 Å². The Hall–Kier alpha value is -0.0400. The van der Waals surface area contributed by atoms with Gasteiger partial charge in [-0.15, -0.1) is 0 Å². The van der Waals surface area contributed by atoms with Crippen LogP contribution >= 0.6 is 0 Å². The van der Waals surface area contributed by atoms with Gasteiger partial charge in [0.1, 0.15) is 0 Å². The van der Waals surface area contributed by atoms with Crippen molar-refractivity contribution in [3.05, 3.63) is 6.42 Å². The molecule has 0 fully saturated rings. The molecule has 11 heavy (non-hydrogen) atoms. The molecule has 67 valence electrons. The largest absolute Gasteiger partial charge is 0.312 e. The Balaban J connectivity index is 3.02. The summed E-state index contributed by atoms with van der Waals surface area (Å²) in [6, 6.07) is 0. The number of nitrogens with one attached hydrogen (secondary N) is 1. The van der Waals surface area contributed by atoms with Crippen LogP contribution in [0.25, 0.3) is 0 Å². The second kappa shape index (κ2) is 5.59. The third-order valence-electron chi connectivity index (χ3n) is 1.54. The van der Waals surface area contributed by atoms with Crippen LogP contribution in [0.15, 0.2) is 0 Å². The first-order valence-electron chi connectivity index (χ1n) is 4.63. The van der Waals surface area contributed by atoms with Gasteiger partial charge < -0.3 is 5.32 Å². The van der Waals surface area contributed by atoms with E-state index in [1.807, 2.05) is 0 Å². The fraction of sp³-hybridized carbons (Fsp3) is 0.900. The highest BCUT2D eigenvalue weighted by Crippen LogP contribution is 2.00. The van der Waals surface area contributed by atoms with E-state index >= 15 is 0 Å². The lowest BCUT2D eigenvalue weighted by atomic mass is 10.1. The molecule has 0 saturated heterocycles. The maximum Gasteiger partial charge on any atom is 0.00966 e. The van der Waals surface area contributed by atoms with Gasteiger partial charge in [-0.2, -0.15) is 0 Å². The van der Waals surface area contributed by atoms with Gasteiger partial charge in [0.05, 0.1) is 0 Å². The highest BCUT2D eigenvalue weighted by molar-refractivity contribution is 4.76. The average Bonchev–Trinajstić information content (AvgIpc) is 1.85. The molecule has 0 aromatic carbocycles. The van der Waals surface area contributed by atoms with E-state index in [9.17, 15) is 0 Å². The van der Waals surface area contributed by atoms with Crippen molar-refractivity contribution in [1.29, 1.82) is 0 Å². The van der Waals surface area contributed by atoms with Crippen molar-refractivity contribution in [2.24, 2.45) is 0 Å². The van der Waals surface area contributed by atoms with Gasteiger partial charge in [0.15, 0.2) is 0 Å². The van der Waals surface area contributed by atoms with Crippen molar-refractivity contribution in [2.45, 2.75) is 52.5 Å². The second-order valence-electron chi connectivity index (χ2n) is 4.06. The summed E-state index contributed by atoms with van der Waals surface area (Å²) in [5.74, 6) is 0. The minimum absolute atomic E-state index is 0.267. The molecule has 0 aliphatic rings. The molecular formula is C10H22N. The van der Waals surface area contributed by atoms with Gasteiger partial charge in [-0.3, -0.25) is 0 Å². The highest BCUT2D eigenvalue weighted by Gasteiger charge is 2.06. The molecule has 0 aromatic rings. The third-order valence-corrected chi connectivity index (χ3v) is 1.54. The van der Waals surface area contributed by atoms with Crippen LogP contribution < -0.4 is 5.32 Å². The maximum absolute atomic E-state index is 3.43. The molecule has 1 nitrogen and oxygen atoms in total. The minimum atomic E-state index is 0.267. The lowest BCUT2D eigenvalue weighted by molar-refractivity contribution is 0.439. The summed E-state index contributed by atoms with van der Waals surface area (Å²) in [7, 11) is 0. The SMILES string of the molecule is CCCC[CH]CNC(C)(C)C. The van der Waals surface area contributed by atoms with E-state index in [-0.39, 0.29) is 5.54 Å². The predicted octanol–water partition coefficient (Wildman–Crippen LogP) is 2.77. The molecule has 0 aromatic heterocycles. The van der Waals surface area contributed by atoms with Crippen LogP contribution in [0.4, 0.5) is 0 Å². The first kappa shape index (κ1) is 11.0. The predicted molar refractivity (Wildman–Crippen MR) is 51.6 cm³/mol. The highest BCUT2D eigenvalue weighted by atomic mass is 14.9. The van der Waals surface area contributed by atoms with Crippen molar-refractivity contribution < 1.29 is 0 Å². The topological polar surface area (TPSA) is 12.0 Å². The monoisotopic (exact) mass is 156 g/mol. The molecule has 0 rings (SSSR count). The summed E-state index contributed by atoms with van der Waals surface area (Å²) in [5, 5.41) is 3.43.